The van der Waals surface area contributed by atoms with Crippen LogP contribution >= 0.6 is 0 Å². The van der Waals surface area contributed by atoms with Gasteiger partial charge in [-0.2, -0.15) is 0 Å². The number of nitrogens with two attached hydrogens (primary N) is 1. The summed E-state index contributed by atoms with van der Waals surface area (Å²) in [6, 6.07) is 1.63. The molecule has 0 aromatic heterocycles. The Balaban J connectivity index is 2.26. The smallest absolute Gasteiger partial charge is 0.257 e. The predicted octanol–water partition coefficient (Wildman–Crippen LogP) is 0.509. The van der Waals surface area contributed by atoms with Gasteiger partial charge in [-0.25, -0.2) is 8.78 Å². The third-order valence-corrected chi connectivity index (χ3v) is 2.90. The molecule has 1 heterocycles. The Morgan fingerprint density at radius 2 is 2.05 bits per heavy atom. The zero-order valence-corrected chi connectivity index (χ0v) is 10.1. The number of anilines is 1. The van der Waals surface area contributed by atoms with E-state index < -0.39 is 28.8 Å². The molecule has 1 saturated heterocycles. The molecule has 1 aliphatic rings. The van der Waals surface area contributed by atoms with Crippen molar-refractivity contribution in [2.45, 2.75) is 6.42 Å². The first-order chi connectivity index (χ1) is 8.99. The minimum absolute atomic E-state index is 0.137. The van der Waals surface area contributed by atoms with Crippen LogP contribution in [-0.2, 0) is 4.79 Å². The van der Waals surface area contributed by atoms with E-state index in [2.05, 4.69) is 5.32 Å². The van der Waals surface area contributed by atoms with E-state index in [9.17, 15) is 18.4 Å². The van der Waals surface area contributed by atoms with Gasteiger partial charge in [-0.05, 0) is 12.1 Å². The van der Waals surface area contributed by atoms with Crippen LogP contribution in [-0.4, -0.2) is 36.3 Å². The summed E-state index contributed by atoms with van der Waals surface area (Å²) in [5, 5.41) is 2.59. The van der Waals surface area contributed by atoms with E-state index in [-0.39, 0.29) is 32.0 Å². The topological polar surface area (TPSA) is 75.4 Å². The van der Waals surface area contributed by atoms with Crippen molar-refractivity contribution < 1.29 is 18.4 Å². The van der Waals surface area contributed by atoms with Gasteiger partial charge >= 0.3 is 0 Å². The van der Waals surface area contributed by atoms with Gasteiger partial charge < -0.3 is 16.0 Å². The van der Waals surface area contributed by atoms with Crippen molar-refractivity contribution in [3.63, 3.8) is 0 Å². The Hall–Kier alpha value is -2.18. The predicted molar refractivity (Wildman–Crippen MR) is 64.3 cm³/mol. The van der Waals surface area contributed by atoms with Crippen LogP contribution < -0.4 is 11.1 Å². The Labute approximate surface area is 108 Å². The maximum absolute atomic E-state index is 13.7. The molecule has 1 fully saturated rings. The third kappa shape index (κ3) is 2.81. The number of benzene rings is 1. The Morgan fingerprint density at radius 3 is 2.79 bits per heavy atom. The van der Waals surface area contributed by atoms with Crippen LogP contribution in [0.25, 0.3) is 0 Å². The van der Waals surface area contributed by atoms with Gasteiger partial charge in [0.25, 0.3) is 5.91 Å². The lowest BCUT2D eigenvalue weighted by atomic mass is 10.1. The highest BCUT2D eigenvalue weighted by Crippen LogP contribution is 2.19. The first-order valence-corrected chi connectivity index (χ1v) is 5.79. The maximum Gasteiger partial charge on any atom is 0.257 e. The van der Waals surface area contributed by atoms with Crippen LogP contribution in [0.5, 0.6) is 0 Å². The molecule has 1 aromatic carbocycles. The Kier molecular flexibility index (Phi) is 3.64. The van der Waals surface area contributed by atoms with E-state index in [1.807, 2.05) is 0 Å². The molecule has 0 saturated carbocycles. The molecule has 0 bridgehead atoms. The monoisotopic (exact) mass is 269 g/mol. The second-order valence-corrected chi connectivity index (χ2v) is 4.25. The summed E-state index contributed by atoms with van der Waals surface area (Å²) in [7, 11) is 0. The molecule has 0 unspecified atom stereocenters. The van der Waals surface area contributed by atoms with Gasteiger partial charge in [0.15, 0.2) is 5.82 Å². The van der Waals surface area contributed by atoms with Crippen LogP contribution in [0.1, 0.15) is 16.8 Å². The second kappa shape index (κ2) is 5.21. The highest BCUT2D eigenvalue weighted by molar-refractivity contribution is 5.96. The molecule has 0 spiro atoms. The highest BCUT2D eigenvalue weighted by atomic mass is 19.1. The summed E-state index contributed by atoms with van der Waals surface area (Å²) < 4.78 is 26.9. The van der Waals surface area contributed by atoms with Gasteiger partial charge in [-0.1, -0.05) is 0 Å². The molecule has 7 heteroatoms. The first-order valence-electron chi connectivity index (χ1n) is 5.79. The summed E-state index contributed by atoms with van der Waals surface area (Å²) in [4.78, 5) is 24.6. The molecule has 0 radical (unpaired) electrons. The highest BCUT2D eigenvalue weighted by Gasteiger charge is 2.23. The number of nitrogens with one attached hydrogen (secondary N) is 1. The summed E-state index contributed by atoms with van der Waals surface area (Å²) in [6.07, 6.45) is 0.137. The first kappa shape index (κ1) is 13.3. The van der Waals surface area contributed by atoms with E-state index in [0.29, 0.717) is 0 Å². The van der Waals surface area contributed by atoms with Crippen LogP contribution in [0.2, 0.25) is 0 Å². The van der Waals surface area contributed by atoms with E-state index in [4.69, 9.17) is 5.73 Å². The number of carbonyl (C=O) groups excluding carboxylic acids is 2. The zero-order chi connectivity index (χ0) is 14.0. The summed E-state index contributed by atoms with van der Waals surface area (Å²) in [6.45, 7) is 0.706. The molecule has 5 nitrogen and oxygen atoms in total. The third-order valence-electron chi connectivity index (χ3n) is 2.90. The molecule has 2 rings (SSSR count). The van der Waals surface area contributed by atoms with Crippen molar-refractivity contribution in [1.82, 2.24) is 10.2 Å². The molecule has 102 valence electrons. The fourth-order valence-electron chi connectivity index (χ4n) is 1.91. The van der Waals surface area contributed by atoms with Crippen molar-refractivity contribution >= 4 is 17.5 Å². The Morgan fingerprint density at radius 1 is 1.32 bits per heavy atom. The quantitative estimate of drug-likeness (QED) is 0.729. The van der Waals surface area contributed by atoms with E-state index in [1.165, 1.54) is 4.90 Å². The molecule has 3 N–H and O–H groups in total. The average molecular weight is 269 g/mol. The van der Waals surface area contributed by atoms with Crippen LogP contribution in [0.4, 0.5) is 14.5 Å². The second-order valence-electron chi connectivity index (χ2n) is 4.25. The van der Waals surface area contributed by atoms with Gasteiger partial charge in [-0.3, -0.25) is 9.59 Å². The van der Waals surface area contributed by atoms with Crippen LogP contribution in [0.15, 0.2) is 12.1 Å². The number of hydrogen-bond donors (Lipinski definition) is 2. The SMILES string of the molecule is Nc1cc(F)cc(C(=O)N2CCNC(=O)CC2)c1F. The minimum Gasteiger partial charge on any atom is -0.396 e. The van der Waals surface area contributed by atoms with Crippen molar-refractivity contribution in [2.24, 2.45) is 0 Å². The maximum atomic E-state index is 13.7. The molecule has 2 amide bonds. The molecule has 0 aliphatic carbocycles. The van der Waals surface area contributed by atoms with Gasteiger partial charge in [0, 0.05) is 26.1 Å². The van der Waals surface area contributed by atoms with Gasteiger partial charge in [0.05, 0.1) is 11.3 Å². The zero-order valence-electron chi connectivity index (χ0n) is 10.1. The van der Waals surface area contributed by atoms with Crippen molar-refractivity contribution in [1.29, 1.82) is 0 Å². The van der Waals surface area contributed by atoms with Crippen molar-refractivity contribution in [3.8, 4) is 0 Å². The molecular weight excluding hydrogens is 256 g/mol. The normalized spacial score (nSPS) is 15.9. The van der Waals surface area contributed by atoms with Crippen LogP contribution in [0, 0.1) is 11.6 Å². The number of carbonyl (C=O) groups is 2. The number of nitrogens with zero attached hydrogens (tertiary/aromatic N) is 1. The fourth-order valence-corrected chi connectivity index (χ4v) is 1.91. The van der Waals surface area contributed by atoms with Gasteiger partial charge in [0.2, 0.25) is 5.91 Å². The van der Waals surface area contributed by atoms with Gasteiger partial charge in [0.1, 0.15) is 5.82 Å². The number of nitrogen functional groups attached to an aromatic ring is 1. The largest absolute Gasteiger partial charge is 0.396 e. The lowest BCUT2D eigenvalue weighted by Crippen LogP contribution is -2.34. The summed E-state index contributed by atoms with van der Waals surface area (Å²) >= 11 is 0. The van der Waals surface area contributed by atoms with Crippen molar-refractivity contribution in [2.75, 3.05) is 25.4 Å². The summed E-state index contributed by atoms with van der Waals surface area (Å²) in [5.74, 6) is -2.55. The summed E-state index contributed by atoms with van der Waals surface area (Å²) in [5.41, 5.74) is 4.47. The number of rotatable bonds is 1. The number of halogens is 2. The van der Waals surface area contributed by atoms with E-state index in [1.54, 1.807) is 0 Å². The van der Waals surface area contributed by atoms with E-state index >= 15 is 0 Å². The molecule has 1 aromatic rings. The molecule has 1 aliphatic heterocycles. The number of hydrogen-bond acceptors (Lipinski definition) is 3. The molecule has 0 atom stereocenters. The number of amides is 2. The van der Waals surface area contributed by atoms with Gasteiger partial charge in [-0.15, -0.1) is 0 Å². The fraction of sp³-hybridized carbons (Fsp3) is 0.333. The molecule has 19 heavy (non-hydrogen) atoms. The average Bonchev–Trinajstić information content (AvgIpc) is 2.58. The van der Waals surface area contributed by atoms with Crippen LogP contribution in [0.3, 0.4) is 0 Å². The molecular formula is C12H13F2N3O2. The standard InChI is InChI=1S/C12H13F2N3O2/c13-7-5-8(11(14)9(15)6-7)12(19)17-3-1-10(18)16-2-4-17/h5-6H,1-4,15H2,(H,16,18). The lowest BCUT2D eigenvalue weighted by molar-refractivity contribution is -0.120. The lowest BCUT2D eigenvalue weighted by Gasteiger charge is -2.20. The van der Waals surface area contributed by atoms with Crippen molar-refractivity contribution in [3.05, 3.63) is 29.3 Å². The Bertz CT molecular complexity index is 534. The van der Waals surface area contributed by atoms with E-state index in [0.717, 1.165) is 12.1 Å². The minimum atomic E-state index is -0.935.